The molecule has 1 aliphatic heterocycles. The third kappa shape index (κ3) is 5.05. The summed E-state index contributed by atoms with van der Waals surface area (Å²) >= 11 is 5.72. The predicted octanol–water partition coefficient (Wildman–Crippen LogP) is 4.88. The number of amides is 1. The zero-order valence-electron chi connectivity index (χ0n) is 16.0. The number of rotatable bonds is 4. The van der Waals surface area contributed by atoms with Gasteiger partial charge in [0.15, 0.2) is 0 Å². The molecule has 32 heavy (non-hydrogen) atoms. The van der Waals surface area contributed by atoms with E-state index in [9.17, 15) is 35.2 Å². The van der Waals surface area contributed by atoms with Crippen LogP contribution in [-0.2, 0) is 21.0 Å². The van der Waals surface area contributed by atoms with Crippen LogP contribution in [-0.4, -0.2) is 20.0 Å². The van der Waals surface area contributed by atoms with Gasteiger partial charge in [0.2, 0.25) is 0 Å². The molecule has 0 aliphatic carbocycles. The summed E-state index contributed by atoms with van der Waals surface area (Å²) in [6, 6.07) is 5.04. The van der Waals surface area contributed by atoms with Crippen molar-refractivity contribution in [3.05, 3.63) is 81.5 Å². The van der Waals surface area contributed by atoms with Gasteiger partial charge in [-0.15, -0.1) is 0 Å². The number of sulfonamides is 1. The van der Waals surface area contributed by atoms with Crippen LogP contribution in [0.1, 0.15) is 18.1 Å². The first-order valence-electron chi connectivity index (χ1n) is 8.66. The largest absolute Gasteiger partial charge is 0.416 e. The van der Waals surface area contributed by atoms with Crippen LogP contribution >= 0.6 is 11.6 Å². The molecule has 1 aliphatic rings. The molecule has 1 N–H and O–H groups in total. The highest BCUT2D eigenvalue weighted by molar-refractivity contribution is 7.90. The molecule has 0 saturated carbocycles. The molecule has 2 aromatic rings. The van der Waals surface area contributed by atoms with E-state index in [-0.39, 0.29) is 16.8 Å². The Morgan fingerprint density at radius 3 is 2.47 bits per heavy atom. The first-order valence-corrected chi connectivity index (χ1v) is 10.5. The van der Waals surface area contributed by atoms with Crippen LogP contribution in [0.25, 0.3) is 6.08 Å². The minimum atomic E-state index is -4.77. The van der Waals surface area contributed by atoms with E-state index in [1.807, 2.05) is 0 Å². The van der Waals surface area contributed by atoms with Crippen molar-refractivity contribution in [3.63, 3.8) is 0 Å². The van der Waals surface area contributed by atoms with Crippen LogP contribution in [0.5, 0.6) is 0 Å². The zero-order chi connectivity index (χ0) is 23.8. The highest BCUT2D eigenvalue weighted by Gasteiger charge is 2.31. The number of allylic oxidation sites excluding steroid dienone is 2. The number of carbonyl (C=O) groups is 1. The van der Waals surface area contributed by atoms with Crippen LogP contribution in [0, 0.1) is 11.6 Å². The van der Waals surface area contributed by atoms with Gasteiger partial charge >= 0.3 is 6.18 Å². The van der Waals surface area contributed by atoms with Crippen molar-refractivity contribution < 1.29 is 35.2 Å². The van der Waals surface area contributed by atoms with E-state index in [2.05, 4.69) is 4.99 Å². The van der Waals surface area contributed by atoms with E-state index >= 15 is 0 Å². The van der Waals surface area contributed by atoms with E-state index in [4.69, 9.17) is 11.6 Å². The molecule has 1 heterocycles. The van der Waals surface area contributed by atoms with Crippen molar-refractivity contribution in [2.75, 3.05) is 0 Å². The fraction of sp³-hybridized carbons (Fsp3) is 0.100. The Kier molecular flexibility index (Phi) is 6.25. The molecule has 12 heteroatoms. The highest BCUT2D eigenvalue weighted by atomic mass is 35.5. The highest BCUT2D eigenvalue weighted by Crippen LogP contribution is 2.31. The fourth-order valence-corrected chi connectivity index (χ4v) is 4.36. The molecule has 0 bridgehead atoms. The summed E-state index contributed by atoms with van der Waals surface area (Å²) in [5.74, 6) is -3.51. The van der Waals surface area contributed by atoms with Gasteiger partial charge in [-0.3, -0.25) is 4.79 Å². The molecule has 0 aromatic heterocycles. The molecular formula is C20H12ClF5N2O3S. The summed E-state index contributed by atoms with van der Waals surface area (Å²) in [7, 11) is -4.69. The van der Waals surface area contributed by atoms with Gasteiger partial charge in [-0.25, -0.2) is 26.9 Å². The molecule has 0 fully saturated rings. The van der Waals surface area contributed by atoms with Crippen LogP contribution in [0.15, 0.2) is 63.6 Å². The lowest BCUT2D eigenvalue weighted by Gasteiger charge is -2.08. The van der Waals surface area contributed by atoms with Crippen molar-refractivity contribution in [2.24, 2.45) is 4.99 Å². The molecular weight excluding hydrogens is 479 g/mol. The van der Waals surface area contributed by atoms with Gasteiger partial charge in [0, 0.05) is 5.71 Å². The first kappa shape index (κ1) is 23.6. The number of nitrogens with zero attached hydrogens (tertiary/aromatic N) is 1. The summed E-state index contributed by atoms with van der Waals surface area (Å²) in [4.78, 5) is 15.3. The minimum Gasteiger partial charge on any atom is -0.266 e. The predicted molar refractivity (Wildman–Crippen MR) is 107 cm³/mol. The maximum absolute atomic E-state index is 13.9. The molecule has 168 valence electrons. The van der Waals surface area contributed by atoms with Crippen LogP contribution in [0.4, 0.5) is 22.0 Å². The Balaban J connectivity index is 1.90. The molecule has 5 nitrogen and oxygen atoms in total. The second-order valence-corrected chi connectivity index (χ2v) is 8.61. The van der Waals surface area contributed by atoms with Crippen molar-refractivity contribution in [3.8, 4) is 0 Å². The molecule has 0 atom stereocenters. The molecule has 0 saturated heterocycles. The lowest BCUT2D eigenvalue weighted by Crippen LogP contribution is -2.32. The summed E-state index contributed by atoms with van der Waals surface area (Å²) in [6.45, 7) is 1.41. The molecule has 3 rings (SSSR count). The maximum Gasteiger partial charge on any atom is 0.416 e. The summed E-state index contributed by atoms with van der Waals surface area (Å²) < 4.78 is 92.6. The lowest BCUT2D eigenvalue weighted by atomic mass is 10.0. The smallest absolute Gasteiger partial charge is 0.266 e. The van der Waals surface area contributed by atoms with E-state index < -0.39 is 54.9 Å². The Bertz CT molecular complexity index is 1290. The third-order valence-corrected chi connectivity index (χ3v) is 6.05. The maximum atomic E-state index is 13.9. The topological polar surface area (TPSA) is 75.6 Å². The quantitative estimate of drug-likeness (QED) is 0.620. The van der Waals surface area contributed by atoms with Crippen LogP contribution in [0.2, 0.25) is 5.02 Å². The van der Waals surface area contributed by atoms with Gasteiger partial charge in [0.25, 0.3) is 15.9 Å². The van der Waals surface area contributed by atoms with E-state index in [0.29, 0.717) is 12.1 Å². The van der Waals surface area contributed by atoms with E-state index in [0.717, 1.165) is 30.4 Å². The summed E-state index contributed by atoms with van der Waals surface area (Å²) in [6.07, 6.45) is -2.52. The van der Waals surface area contributed by atoms with Crippen molar-refractivity contribution in [1.29, 1.82) is 0 Å². The standard InChI is InChI=1S/C20H12ClF5N2O3S/c1-10-12(5-11-6-13(20(24,25)26)9-14(22)7-11)8-17(27-10)19(29)28-32(30,31)18-15(21)3-2-4-16(18)23/h2-9H,1H3,(H,28,29)/b12-5+. The second kappa shape index (κ2) is 8.47. The number of hydrogen-bond donors (Lipinski definition) is 1. The Labute approximate surface area is 184 Å². The lowest BCUT2D eigenvalue weighted by molar-refractivity contribution is -0.137. The molecule has 1 amide bonds. The van der Waals surface area contributed by atoms with Crippen molar-refractivity contribution in [1.82, 2.24) is 4.72 Å². The van der Waals surface area contributed by atoms with E-state index in [1.165, 1.54) is 13.0 Å². The molecule has 0 spiro atoms. The third-order valence-electron chi connectivity index (χ3n) is 4.22. The first-order chi connectivity index (χ1) is 14.8. The molecule has 0 unspecified atom stereocenters. The number of alkyl halides is 3. The number of hydrogen-bond acceptors (Lipinski definition) is 4. The van der Waals surface area contributed by atoms with Gasteiger partial charge in [0.1, 0.15) is 22.2 Å². The monoisotopic (exact) mass is 490 g/mol. The number of aliphatic imine (C=N–C) groups is 1. The SMILES string of the molecule is CC1=NC(C(=O)NS(=O)(=O)c2c(F)cccc2Cl)=C/C1=C\c1cc(F)cc(C(F)(F)F)c1. The zero-order valence-corrected chi connectivity index (χ0v) is 17.5. The molecule has 0 radical (unpaired) electrons. The molecule has 2 aromatic carbocycles. The Hall–Kier alpha value is -3.05. The van der Waals surface area contributed by atoms with Gasteiger partial charge in [-0.2, -0.15) is 13.2 Å². The van der Waals surface area contributed by atoms with Gasteiger partial charge < -0.3 is 0 Å². The average Bonchev–Trinajstić information content (AvgIpc) is 3.00. The minimum absolute atomic E-state index is 0.148. The number of benzene rings is 2. The fourth-order valence-electron chi connectivity index (χ4n) is 2.80. The number of nitrogens with one attached hydrogen (secondary N) is 1. The normalized spacial score (nSPS) is 15.5. The van der Waals surface area contributed by atoms with Crippen molar-refractivity contribution in [2.45, 2.75) is 18.0 Å². The number of halogens is 6. The summed E-state index contributed by atoms with van der Waals surface area (Å²) in [5, 5.41) is -0.447. The van der Waals surface area contributed by atoms with Gasteiger partial charge in [-0.05, 0) is 60.5 Å². The summed E-state index contributed by atoms with van der Waals surface area (Å²) in [5.41, 5.74) is -1.45. The van der Waals surface area contributed by atoms with Crippen LogP contribution in [0.3, 0.4) is 0 Å². The Morgan fingerprint density at radius 1 is 1.16 bits per heavy atom. The van der Waals surface area contributed by atoms with E-state index in [1.54, 1.807) is 4.72 Å². The van der Waals surface area contributed by atoms with Gasteiger partial charge in [0.05, 0.1) is 10.6 Å². The Morgan fingerprint density at radius 2 is 1.84 bits per heavy atom. The average molecular weight is 491 g/mol. The number of carbonyl (C=O) groups excluding carboxylic acids is 1. The van der Waals surface area contributed by atoms with Crippen LogP contribution < -0.4 is 4.72 Å². The van der Waals surface area contributed by atoms with Gasteiger partial charge in [-0.1, -0.05) is 17.7 Å². The van der Waals surface area contributed by atoms with Crippen molar-refractivity contribution >= 4 is 39.3 Å². The second-order valence-electron chi connectivity index (χ2n) is 6.58.